The van der Waals surface area contributed by atoms with E-state index in [0.717, 1.165) is 16.8 Å². The van der Waals surface area contributed by atoms with Gasteiger partial charge in [-0.05, 0) is 51.9 Å². The van der Waals surface area contributed by atoms with Crippen LogP contribution in [-0.2, 0) is 0 Å². The number of anilines is 1. The number of tetrazole rings is 1. The van der Waals surface area contributed by atoms with Crippen LogP contribution in [0.25, 0.3) is 5.70 Å². The van der Waals surface area contributed by atoms with E-state index >= 15 is 0 Å². The summed E-state index contributed by atoms with van der Waals surface area (Å²) in [6, 6.07) is 11.1. The molecule has 0 spiro atoms. The van der Waals surface area contributed by atoms with Crippen molar-refractivity contribution in [3.05, 3.63) is 58.6 Å². The first-order valence-electron chi connectivity index (χ1n) is 8.47. The normalized spacial score (nSPS) is 15.3. The van der Waals surface area contributed by atoms with Gasteiger partial charge < -0.3 is 19.5 Å². The number of ether oxygens (including phenoxy) is 3. The van der Waals surface area contributed by atoms with Crippen molar-refractivity contribution in [2.75, 3.05) is 26.6 Å². The highest BCUT2D eigenvalue weighted by Gasteiger charge is 2.26. The van der Waals surface area contributed by atoms with E-state index in [-0.39, 0.29) is 6.04 Å². The number of allylic oxidation sites excluding steroid dienone is 1. The molecule has 1 aliphatic heterocycles. The highest BCUT2D eigenvalue weighted by molar-refractivity contribution is 6.30. The summed E-state index contributed by atoms with van der Waals surface area (Å²) in [6.45, 7) is 0. The summed E-state index contributed by atoms with van der Waals surface area (Å²) in [4.78, 5) is 0. The Morgan fingerprint density at radius 3 is 2.29 bits per heavy atom. The summed E-state index contributed by atoms with van der Waals surface area (Å²) in [6.07, 6.45) is 2.04. The minimum Gasteiger partial charge on any atom is -0.493 e. The number of nitrogens with one attached hydrogen (secondary N) is 1. The Kier molecular flexibility index (Phi) is 4.79. The van der Waals surface area contributed by atoms with Gasteiger partial charge in [0.25, 0.3) is 0 Å². The van der Waals surface area contributed by atoms with Gasteiger partial charge in [-0.2, -0.15) is 4.68 Å². The van der Waals surface area contributed by atoms with Gasteiger partial charge in [0.05, 0.1) is 21.3 Å². The van der Waals surface area contributed by atoms with E-state index in [1.165, 1.54) is 0 Å². The fraction of sp³-hybridized carbons (Fsp3) is 0.211. The molecule has 1 aliphatic rings. The Balaban J connectivity index is 1.84. The lowest BCUT2D eigenvalue weighted by molar-refractivity contribution is 0.323. The highest BCUT2D eigenvalue weighted by Crippen LogP contribution is 2.42. The quantitative estimate of drug-likeness (QED) is 0.703. The molecule has 0 aliphatic carbocycles. The molecule has 28 heavy (non-hydrogen) atoms. The maximum Gasteiger partial charge on any atom is 0.248 e. The first kappa shape index (κ1) is 18.1. The van der Waals surface area contributed by atoms with Crippen LogP contribution in [0, 0.1) is 0 Å². The van der Waals surface area contributed by atoms with Gasteiger partial charge >= 0.3 is 0 Å². The zero-order valence-electron chi connectivity index (χ0n) is 15.5. The number of hydrogen-bond donors (Lipinski definition) is 1. The average Bonchev–Trinajstić information content (AvgIpc) is 3.21. The number of hydrogen-bond acceptors (Lipinski definition) is 7. The van der Waals surface area contributed by atoms with E-state index in [9.17, 15) is 0 Å². The van der Waals surface area contributed by atoms with E-state index in [0.29, 0.717) is 28.2 Å². The van der Waals surface area contributed by atoms with Crippen molar-refractivity contribution in [1.29, 1.82) is 0 Å². The van der Waals surface area contributed by atoms with Crippen molar-refractivity contribution < 1.29 is 14.2 Å². The minimum absolute atomic E-state index is 0.273. The molecular formula is C19H18ClN5O3. The zero-order valence-corrected chi connectivity index (χ0v) is 16.3. The molecule has 2 heterocycles. The fourth-order valence-electron chi connectivity index (χ4n) is 3.16. The van der Waals surface area contributed by atoms with Crippen molar-refractivity contribution in [2.24, 2.45) is 0 Å². The molecule has 1 N–H and O–H groups in total. The lowest BCUT2D eigenvalue weighted by Gasteiger charge is -2.24. The average molecular weight is 400 g/mol. The first-order valence-corrected chi connectivity index (χ1v) is 8.85. The third-order valence-corrected chi connectivity index (χ3v) is 4.76. The van der Waals surface area contributed by atoms with Crippen LogP contribution in [0.4, 0.5) is 5.95 Å². The summed E-state index contributed by atoms with van der Waals surface area (Å²) in [7, 11) is 4.74. The van der Waals surface area contributed by atoms with E-state index < -0.39 is 0 Å². The minimum atomic E-state index is -0.273. The van der Waals surface area contributed by atoms with Crippen LogP contribution in [0.3, 0.4) is 0 Å². The highest BCUT2D eigenvalue weighted by atomic mass is 35.5. The van der Waals surface area contributed by atoms with Gasteiger partial charge in [0, 0.05) is 10.7 Å². The fourth-order valence-corrected chi connectivity index (χ4v) is 3.29. The molecule has 4 rings (SSSR count). The zero-order chi connectivity index (χ0) is 19.7. The van der Waals surface area contributed by atoms with E-state index in [1.54, 1.807) is 26.0 Å². The molecule has 3 aromatic rings. The number of rotatable bonds is 5. The number of fused-ring (bicyclic) bond motifs is 1. The summed E-state index contributed by atoms with van der Waals surface area (Å²) in [5.74, 6) is 2.19. The molecule has 2 aromatic carbocycles. The molecule has 1 atom stereocenters. The SMILES string of the molecule is COc1cc(C2C=C(c3ccc(Cl)cc3)Nc3nnnn32)cc(OC)c1OC. The number of halogens is 1. The van der Waals surface area contributed by atoms with Crippen LogP contribution < -0.4 is 19.5 Å². The Bertz CT molecular complexity index is 1010. The Morgan fingerprint density at radius 1 is 1.00 bits per heavy atom. The Labute approximate surface area is 166 Å². The topological polar surface area (TPSA) is 83.3 Å². The smallest absolute Gasteiger partial charge is 0.248 e. The van der Waals surface area contributed by atoms with Crippen LogP contribution >= 0.6 is 11.6 Å². The van der Waals surface area contributed by atoms with Gasteiger partial charge in [-0.15, -0.1) is 0 Å². The number of benzene rings is 2. The number of aromatic nitrogens is 4. The van der Waals surface area contributed by atoms with E-state index in [1.807, 2.05) is 42.5 Å². The molecule has 144 valence electrons. The number of methoxy groups -OCH3 is 3. The van der Waals surface area contributed by atoms with Crippen LogP contribution in [0.5, 0.6) is 17.2 Å². The summed E-state index contributed by atoms with van der Waals surface area (Å²) < 4.78 is 18.1. The maximum absolute atomic E-state index is 6.02. The van der Waals surface area contributed by atoms with Gasteiger partial charge in [-0.25, -0.2) is 0 Å². The molecule has 0 radical (unpaired) electrons. The lowest BCUT2D eigenvalue weighted by Crippen LogP contribution is -2.20. The predicted molar refractivity (Wildman–Crippen MR) is 105 cm³/mol. The first-order chi connectivity index (χ1) is 13.6. The van der Waals surface area contributed by atoms with Crippen molar-refractivity contribution in [2.45, 2.75) is 6.04 Å². The molecule has 1 unspecified atom stereocenters. The van der Waals surface area contributed by atoms with Gasteiger partial charge in [0.1, 0.15) is 6.04 Å². The van der Waals surface area contributed by atoms with Gasteiger partial charge in [-0.1, -0.05) is 28.8 Å². The predicted octanol–water partition coefficient (Wildman–Crippen LogP) is 3.41. The largest absolute Gasteiger partial charge is 0.493 e. The third kappa shape index (κ3) is 3.11. The Morgan fingerprint density at radius 2 is 1.68 bits per heavy atom. The van der Waals surface area contributed by atoms with Crippen molar-refractivity contribution >= 4 is 23.2 Å². The molecule has 0 bridgehead atoms. The summed E-state index contributed by atoms with van der Waals surface area (Å²) in [5.41, 5.74) is 2.73. The summed E-state index contributed by atoms with van der Waals surface area (Å²) >= 11 is 6.02. The maximum atomic E-state index is 6.02. The van der Waals surface area contributed by atoms with Crippen LogP contribution in [0.15, 0.2) is 42.5 Å². The van der Waals surface area contributed by atoms with Gasteiger partial charge in [0.15, 0.2) is 11.5 Å². The van der Waals surface area contributed by atoms with Crippen molar-refractivity contribution in [3.63, 3.8) is 0 Å². The second-order valence-electron chi connectivity index (χ2n) is 6.06. The molecule has 1 aromatic heterocycles. The van der Waals surface area contributed by atoms with Crippen molar-refractivity contribution in [1.82, 2.24) is 20.2 Å². The van der Waals surface area contributed by atoms with Gasteiger partial charge in [0.2, 0.25) is 11.7 Å². The molecule has 0 saturated heterocycles. The molecule has 8 nitrogen and oxygen atoms in total. The van der Waals surface area contributed by atoms with Crippen LogP contribution in [-0.4, -0.2) is 41.5 Å². The molecule has 0 amide bonds. The van der Waals surface area contributed by atoms with Crippen LogP contribution in [0.1, 0.15) is 17.2 Å². The standard InChI is InChI=1S/C19H18ClN5O3/c1-26-16-8-12(9-17(27-2)18(16)28-3)15-10-14(11-4-6-13(20)7-5-11)21-19-22-23-24-25(15)19/h4-10,15H,1-3H3,(H,21,22,24). The monoisotopic (exact) mass is 399 g/mol. The van der Waals surface area contributed by atoms with Crippen LogP contribution in [0.2, 0.25) is 5.02 Å². The lowest BCUT2D eigenvalue weighted by atomic mass is 10.0. The van der Waals surface area contributed by atoms with E-state index in [2.05, 4.69) is 20.8 Å². The third-order valence-electron chi connectivity index (χ3n) is 4.51. The van der Waals surface area contributed by atoms with E-state index in [4.69, 9.17) is 25.8 Å². The molecule has 9 heteroatoms. The second kappa shape index (κ2) is 7.40. The Hall–Kier alpha value is -3.26. The molecule has 0 fully saturated rings. The number of nitrogens with zero attached hydrogens (tertiary/aromatic N) is 4. The summed E-state index contributed by atoms with van der Waals surface area (Å²) in [5, 5.41) is 15.9. The van der Waals surface area contributed by atoms with Gasteiger partial charge in [-0.3, -0.25) is 0 Å². The molecular weight excluding hydrogens is 382 g/mol. The molecule has 0 saturated carbocycles. The van der Waals surface area contributed by atoms with Crippen molar-refractivity contribution in [3.8, 4) is 17.2 Å². The second-order valence-corrected chi connectivity index (χ2v) is 6.50.